The van der Waals surface area contributed by atoms with Crippen LogP contribution in [0.2, 0.25) is 0 Å². The fourth-order valence-corrected chi connectivity index (χ4v) is 4.73. The van der Waals surface area contributed by atoms with E-state index in [0.717, 1.165) is 32.1 Å². The first kappa shape index (κ1) is 33.8. The molecule has 0 saturated carbocycles. The summed E-state index contributed by atoms with van der Waals surface area (Å²) in [5.41, 5.74) is 0. The Balaban J connectivity index is 4.22. The van der Waals surface area contributed by atoms with Crippen molar-refractivity contribution >= 4 is 16.0 Å². The highest BCUT2D eigenvalue weighted by molar-refractivity contribution is 7.85. The number of aliphatic hydroxyl groups is 1. The zero-order valence-corrected chi connectivity index (χ0v) is 23.2. The molecule has 0 aliphatic rings. The molecule has 0 spiro atoms. The number of amides is 1. The van der Waals surface area contributed by atoms with Gasteiger partial charge in [0.2, 0.25) is 5.91 Å². The molecule has 0 bridgehead atoms. The molecular weight excluding hydrogens is 462 g/mol. The number of nitrogens with one attached hydrogen (secondary N) is 1. The monoisotopic (exact) mass is 515 g/mol. The first-order chi connectivity index (χ1) is 16.8. The smallest absolute Gasteiger partial charge is 0.267 e. The van der Waals surface area contributed by atoms with E-state index in [1.165, 1.54) is 76.7 Å². The van der Waals surface area contributed by atoms with Gasteiger partial charge in [0.05, 0.1) is 17.9 Å². The van der Waals surface area contributed by atoms with Gasteiger partial charge in [-0.05, 0) is 32.1 Å². The summed E-state index contributed by atoms with van der Waals surface area (Å²) in [6, 6.07) is -1.06. The Labute approximate surface area is 215 Å². The van der Waals surface area contributed by atoms with Gasteiger partial charge in [0, 0.05) is 6.42 Å². The van der Waals surface area contributed by atoms with Crippen molar-refractivity contribution in [1.82, 2.24) is 5.32 Å². The zero-order valence-electron chi connectivity index (χ0n) is 22.4. The molecule has 0 aromatic carbocycles. The highest BCUT2D eigenvalue weighted by Crippen LogP contribution is 2.12. The fraction of sp³-hybridized carbons (Fsp3) is 0.821. The van der Waals surface area contributed by atoms with Gasteiger partial charge in [-0.3, -0.25) is 9.35 Å². The molecule has 0 saturated heterocycles. The van der Waals surface area contributed by atoms with Gasteiger partial charge in [0.1, 0.15) is 0 Å². The van der Waals surface area contributed by atoms with Crippen molar-refractivity contribution in [3.05, 3.63) is 24.3 Å². The number of aliphatic hydroxyl groups excluding tert-OH is 1. The molecule has 6 nitrogen and oxygen atoms in total. The van der Waals surface area contributed by atoms with Gasteiger partial charge in [-0.1, -0.05) is 115 Å². The van der Waals surface area contributed by atoms with E-state index in [1.54, 1.807) is 6.08 Å². The maximum atomic E-state index is 12.3. The molecule has 206 valence electrons. The fourth-order valence-electron chi connectivity index (χ4n) is 3.99. The molecule has 0 rings (SSSR count). The van der Waals surface area contributed by atoms with Crippen molar-refractivity contribution < 1.29 is 22.9 Å². The van der Waals surface area contributed by atoms with Crippen LogP contribution in [-0.2, 0) is 14.9 Å². The number of rotatable bonds is 24. The predicted octanol–water partition coefficient (Wildman–Crippen LogP) is 6.89. The second-order valence-electron chi connectivity index (χ2n) is 9.67. The number of hydrogen-bond acceptors (Lipinski definition) is 4. The third kappa shape index (κ3) is 24.3. The lowest BCUT2D eigenvalue weighted by Crippen LogP contribution is -2.46. The van der Waals surface area contributed by atoms with Crippen molar-refractivity contribution in [2.24, 2.45) is 0 Å². The summed E-state index contributed by atoms with van der Waals surface area (Å²) in [5, 5.41) is 13.0. The van der Waals surface area contributed by atoms with Gasteiger partial charge in [-0.25, -0.2) is 0 Å². The Hall–Kier alpha value is -1.18. The topological polar surface area (TPSA) is 104 Å². The Morgan fingerprint density at radius 3 is 1.80 bits per heavy atom. The lowest BCUT2D eigenvalue weighted by atomic mass is 10.1. The van der Waals surface area contributed by atoms with E-state index < -0.39 is 28.0 Å². The van der Waals surface area contributed by atoms with Crippen LogP contribution in [0.15, 0.2) is 24.3 Å². The van der Waals surface area contributed by atoms with Crippen molar-refractivity contribution in [3.8, 4) is 0 Å². The first-order valence-corrected chi connectivity index (χ1v) is 15.6. The van der Waals surface area contributed by atoms with Crippen LogP contribution in [0, 0.1) is 0 Å². The van der Waals surface area contributed by atoms with Crippen LogP contribution in [0.3, 0.4) is 0 Å². The van der Waals surface area contributed by atoms with E-state index in [0.29, 0.717) is 6.42 Å². The van der Waals surface area contributed by atoms with Crippen LogP contribution < -0.4 is 5.32 Å². The van der Waals surface area contributed by atoms with Crippen molar-refractivity contribution in [2.75, 3.05) is 5.75 Å². The number of carbonyl (C=O) groups excluding carboxylic acids is 1. The van der Waals surface area contributed by atoms with Gasteiger partial charge in [0.15, 0.2) is 0 Å². The highest BCUT2D eigenvalue weighted by atomic mass is 32.2. The van der Waals surface area contributed by atoms with E-state index in [1.807, 2.05) is 0 Å². The van der Waals surface area contributed by atoms with E-state index in [-0.39, 0.29) is 12.3 Å². The maximum absolute atomic E-state index is 12.3. The van der Waals surface area contributed by atoms with Gasteiger partial charge in [-0.2, -0.15) is 8.42 Å². The summed E-state index contributed by atoms with van der Waals surface area (Å²) in [4.78, 5) is 12.3. The molecule has 2 atom stereocenters. The molecule has 0 aliphatic carbocycles. The molecule has 35 heavy (non-hydrogen) atoms. The molecule has 0 fully saturated rings. The Bertz CT molecular complexity index is 660. The second-order valence-corrected chi connectivity index (χ2v) is 11.2. The Morgan fingerprint density at radius 1 is 0.743 bits per heavy atom. The molecule has 0 aromatic heterocycles. The van der Waals surface area contributed by atoms with Crippen LogP contribution in [0.4, 0.5) is 0 Å². The summed E-state index contributed by atoms with van der Waals surface area (Å²) >= 11 is 0. The van der Waals surface area contributed by atoms with Crippen molar-refractivity contribution in [1.29, 1.82) is 0 Å². The highest BCUT2D eigenvalue weighted by Gasteiger charge is 2.24. The number of allylic oxidation sites excluding steroid dienone is 3. The van der Waals surface area contributed by atoms with E-state index in [4.69, 9.17) is 0 Å². The minimum atomic E-state index is -4.33. The van der Waals surface area contributed by atoms with Crippen molar-refractivity contribution in [2.45, 2.75) is 142 Å². The Kier molecular flexibility index (Phi) is 22.4. The van der Waals surface area contributed by atoms with Crippen LogP contribution in [0.5, 0.6) is 0 Å². The number of hydrogen-bond donors (Lipinski definition) is 3. The molecule has 3 N–H and O–H groups in total. The van der Waals surface area contributed by atoms with E-state index in [9.17, 15) is 22.9 Å². The standard InChI is InChI=1S/C28H53NO5S/c1-3-5-7-9-11-13-15-17-19-21-23-27(30)26(25-35(32,33)34)29-28(31)24-22-20-18-16-14-12-10-8-6-4-2/h13,15,21,23,26-27,30H,3-12,14,16-20,22,24-25H2,1-2H3,(H,29,31)(H,32,33,34)/b15-13+,23-21+. The molecule has 0 aliphatic heterocycles. The normalized spacial score (nSPS) is 14.1. The number of unbranched alkanes of at least 4 members (excludes halogenated alkanes) is 14. The van der Waals surface area contributed by atoms with Gasteiger partial charge < -0.3 is 10.4 Å². The minimum Gasteiger partial charge on any atom is -0.387 e. The molecule has 2 unspecified atom stereocenters. The third-order valence-corrected chi connectivity index (χ3v) is 6.91. The van der Waals surface area contributed by atoms with Gasteiger partial charge in [-0.15, -0.1) is 0 Å². The average molecular weight is 516 g/mol. The van der Waals surface area contributed by atoms with E-state index >= 15 is 0 Å². The summed E-state index contributed by atoms with van der Waals surface area (Å²) in [6.45, 7) is 4.41. The molecule has 1 amide bonds. The van der Waals surface area contributed by atoms with Crippen molar-refractivity contribution in [3.63, 3.8) is 0 Å². The van der Waals surface area contributed by atoms with E-state index in [2.05, 4.69) is 31.3 Å². The molecule has 0 radical (unpaired) electrons. The Morgan fingerprint density at radius 2 is 1.23 bits per heavy atom. The molecule has 7 heteroatoms. The largest absolute Gasteiger partial charge is 0.387 e. The van der Waals surface area contributed by atoms with Gasteiger partial charge in [0.25, 0.3) is 10.1 Å². The average Bonchev–Trinajstić information content (AvgIpc) is 2.80. The molecular formula is C28H53NO5S. The summed E-state index contributed by atoms with van der Waals surface area (Å²) in [5.74, 6) is -1.00. The lowest BCUT2D eigenvalue weighted by molar-refractivity contribution is -0.122. The summed E-state index contributed by atoms with van der Waals surface area (Å²) in [6.07, 6.45) is 26.0. The van der Waals surface area contributed by atoms with Crippen LogP contribution in [-0.4, -0.2) is 41.9 Å². The predicted molar refractivity (Wildman–Crippen MR) is 147 cm³/mol. The van der Waals surface area contributed by atoms with Crippen LogP contribution in [0.1, 0.15) is 129 Å². The van der Waals surface area contributed by atoms with Crippen LogP contribution in [0.25, 0.3) is 0 Å². The zero-order chi connectivity index (χ0) is 26.2. The molecule has 0 heterocycles. The second kappa shape index (κ2) is 23.2. The summed E-state index contributed by atoms with van der Waals surface area (Å²) in [7, 11) is -4.33. The van der Waals surface area contributed by atoms with Crippen LogP contribution >= 0.6 is 0 Å². The maximum Gasteiger partial charge on any atom is 0.267 e. The SMILES string of the molecule is CCCCCC/C=C/CC/C=C/C(O)C(CS(=O)(=O)O)NC(=O)CCCCCCCCCCCC. The van der Waals surface area contributed by atoms with Gasteiger partial charge >= 0.3 is 0 Å². The first-order valence-electron chi connectivity index (χ1n) is 14.0. The lowest BCUT2D eigenvalue weighted by Gasteiger charge is -2.21. The number of carbonyl (C=O) groups is 1. The minimum absolute atomic E-state index is 0.290. The molecule has 0 aromatic rings. The summed E-state index contributed by atoms with van der Waals surface area (Å²) < 4.78 is 32.0. The third-order valence-electron chi connectivity index (χ3n) is 6.13. The quantitative estimate of drug-likeness (QED) is 0.0737.